The number of hydrogen-bond donors (Lipinski definition) is 1. The van der Waals surface area contributed by atoms with Gasteiger partial charge in [-0.3, -0.25) is 14.4 Å². The Labute approximate surface area is 276 Å². The predicted octanol–water partition coefficient (Wildman–Crippen LogP) is 2.22. The topological polar surface area (TPSA) is 145 Å². The van der Waals surface area contributed by atoms with E-state index in [0.29, 0.717) is 0 Å². The number of rotatable bonds is 11. The molecule has 47 heavy (non-hydrogen) atoms. The smallest absolute Gasteiger partial charge is 0.303 e. The lowest BCUT2D eigenvalue weighted by Crippen LogP contribution is -2.67. The Morgan fingerprint density at radius 3 is 1.70 bits per heavy atom. The third kappa shape index (κ3) is 8.11. The zero-order valence-electron chi connectivity index (χ0n) is 28.1. The van der Waals surface area contributed by atoms with Gasteiger partial charge in [-0.05, 0) is 22.3 Å². The molecule has 4 rings (SSSR count). The molecular formula is C34H46O12Si. The van der Waals surface area contributed by atoms with Gasteiger partial charge in [-0.1, -0.05) is 81.4 Å². The van der Waals surface area contributed by atoms with Crippen molar-refractivity contribution >= 4 is 36.6 Å². The molecule has 0 bridgehead atoms. The molecule has 9 atom stereocenters. The van der Waals surface area contributed by atoms with E-state index in [0.717, 1.165) is 10.4 Å². The zero-order valence-corrected chi connectivity index (χ0v) is 29.1. The number of benzene rings is 2. The Bertz CT molecular complexity index is 1310. The van der Waals surface area contributed by atoms with Gasteiger partial charge >= 0.3 is 17.9 Å². The van der Waals surface area contributed by atoms with E-state index in [1.165, 1.54) is 27.9 Å². The minimum atomic E-state index is -3.02. The summed E-state index contributed by atoms with van der Waals surface area (Å²) < 4.78 is 47.8. The van der Waals surface area contributed by atoms with Crippen LogP contribution in [0.1, 0.15) is 48.5 Å². The molecule has 0 saturated carbocycles. The molecule has 0 amide bonds. The summed E-state index contributed by atoms with van der Waals surface area (Å²) in [5, 5.41) is 12.7. The molecule has 258 valence electrons. The number of aliphatic hydroxyl groups excluding tert-OH is 1. The quantitative estimate of drug-likeness (QED) is 0.212. The van der Waals surface area contributed by atoms with E-state index in [-0.39, 0.29) is 11.6 Å². The van der Waals surface area contributed by atoms with Crippen LogP contribution in [0.4, 0.5) is 0 Å². The minimum Gasteiger partial charge on any atom is -0.456 e. The molecule has 0 spiro atoms. The van der Waals surface area contributed by atoms with Gasteiger partial charge in [-0.2, -0.15) is 0 Å². The first-order chi connectivity index (χ1) is 22.2. The summed E-state index contributed by atoms with van der Waals surface area (Å²) >= 11 is 0. The fraction of sp³-hybridized carbons (Fsp3) is 0.559. The van der Waals surface area contributed by atoms with Crippen LogP contribution >= 0.6 is 0 Å². The zero-order chi connectivity index (χ0) is 34.5. The van der Waals surface area contributed by atoms with Crippen molar-refractivity contribution in [3.05, 3.63) is 60.7 Å². The van der Waals surface area contributed by atoms with E-state index < -0.39 is 81.5 Å². The first-order valence-corrected chi connectivity index (χ1v) is 17.5. The van der Waals surface area contributed by atoms with Gasteiger partial charge in [0, 0.05) is 27.9 Å². The Kier molecular flexibility index (Phi) is 12.0. The minimum absolute atomic E-state index is 0.00117. The van der Waals surface area contributed by atoms with Crippen molar-refractivity contribution in [1.82, 2.24) is 0 Å². The Hall–Kier alpha value is -3.17. The van der Waals surface area contributed by atoms with Crippen LogP contribution < -0.4 is 10.4 Å². The average Bonchev–Trinajstić information content (AvgIpc) is 3.30. The van der Waals surface area contributed by atoms with Gasteiger partial charge in [0.1, 0.15) is 18.3 Å². The van der Waals surface area contributed by atoms with Gasteiger partial charge in [-0.25, -0.2) is 0 Å². The molecule has 0 unspecified atom stereocenters. The number of ether oxygens (including phenoxy) is 7. The van der Waals surface area contributed by atoms with E-state index in [1.807, 2.05) is 36.4 Å². The highest BCUT2D eigenvalue weighted by molar-refractivity contribution is 6.99. The van der Waals surface area contributed by atoms with Gasteiger partial charge in [0.2, 0.25) is 0 Å². The molecule has 0 radical (unpaired) electrons. The first kappa shape index (κ1) is 36.7. The molecular weight excluding hydrogens is 628 g/mol. The molecule has 2 saturated heterocycles. The molecule has 1 N–H and O–H groups in total. The molecule has 2 heterocycles. The van der Waals surface area contributed by atoms with Crippen LogP contribution in [0.25, 0.3) is 0 Å². The largest absolute Gasteiger partial charge is 0.456 e. The number of esters is 3. The number of hydrogen-bond acceptors (Lipinski definition) is 12. The molecule has 13 heteroatoms. The monoisotopic (exact) mass is 674 g/mol. The SMILES string of the molecule is CO[C@@H]1[C@@H](O[C@@H]2O[C@@H](C)[C@H](OC(C)=O)[C@@H](OC(C)=O)[C@H]2OC(C)=O)[C@@H](CO[Si](c2ccccc2)(c2ccccc2)C(C)(C)C)O[C@H]1O. The average molecular weight is 675 g/mol. The lowest BCUT2D eigenvalue weighted by molar-refractivity contribution is -0.317. The summed E-state index contributed by atoms with van der Waals surface area (Å²) in [6.07, 6.45) is -10.1. The highest BCUT2D eigenvalue weighted by Gasteiger charge is 2.56. The molecule has 2 aliphatic rings. The summed E-state index contributed by atoms with van der Waals surface area (Å²) in [6, 6.07) is 20.1. The van der Waals surface area contributed by atoms with Gasteiger partial charge < -0.3 is 42.7 Å². The maximum Gasteiger partial charge on any atom is 0.303 e. The number of carbonyl (C=O) groups excluding carboxylic acids is 3. The van der Waals surface area contributed by atoms with Crippen LogP contribution in [0.15, 0.2) is 60.7 Å². The molecule has 0 aromatic heterocycles. The Morgan fingerprint density at radius 1 is 0.745 bits per heavy atom. The third-order valence-electron chi connectivity index (χ3n) is 8.36. The van der Waals surface area contributed by atoms with Crippen LogP contribution in [-0.4, -0.2) is 100 Å². The molecule has 2 fully saturated rings. The van der Waals surface area contributed by atoms with Crippen LogP contribution in [0, 0.1) is 0 Å². The summed E-state index contributed by atoms with van der Waals surface area (Å²) in [6.45, 7) is 11.6. The molecule has 2 aliphatic heterocycles. The maximum absolute atomic E-state index is 12.3. The highest BCUT2D eigenvalue weighted by atomic mass is 28.4. The summed E-state index contributed by atoms with van der Waals surface area (Å²) in [5.41, 5.74) is 0. The van der Waals surface area contributed by atoms with Gasteiger partial charge in [0.25, 0.3) is 8.32 Å². The highest BCUT2D eigenvalue weighted by Crippen LogP contribution is 2.39. The molecule has 0 aliphatic carbocycles. The summed E-state index contributed by atoms with van der Waals surface area (Å²) in [7, 11) is -1.61. The van der Waals surface area contributed by atoms with Crippen LogP contribution in [0.3, 0.4) is 0 Å². The molecule has 2 aromatic carbocycles. The maximum atomic E-state index is 12.3. The second-order valence-corrected chi connectivity index (χ2v) is 17.1. The first-order valence-electron chi connectivity index (χ1n) is 15.6. The van der Waals surface area contributed by atoms with Crippen molar-refractivity contribution < 1.29 is 57.1 Å². The van der Waals surface area contributed by atoms with E-state index in [1.54, 1.807) is 6.92 Å². The summed E-state index contributed by atoms with van der Waals surface area (Å²) in [5.74, 6) is -2.04. The van der Waals surface area contributed by atoms with Crippen molar-refractivity contribution in [3.8, 4) is 0 Å². The number of aliphatic hydroxyl groups is 1. The van der Waals surface area contributed by atoms with E-state index in [4.69, 9.17) is 37.6 Å². The third-order valence-corrected chi connectivity index (χ3v) is 13.4. The molecule has 12 nitrogen and oxygen atoms in total. The van der Waals surface area contributed by atoms with Crippen molar-refractivity contribution in [2.24, 2.45) is 0 Å². The fourth-order valence-electron chi connectivity index (χ4n) is 6.46. The van der Waals surface area contributed by atoms with Crippen molar-refractivity contribution in [3.63, 3.8) is 0 Å². The number of carbonyl (C=O) groups is 3. The lowest BCUT2D eigenvalue weighted by atomic mass is 9.98. The van der Waals surface area contributed by atoms with Crippen molar-refractivity contribution in [1.29, 1.82) is 0 Å². The fourth-order valence-corrected chi connectivity index (χ4v) is 11.0. The second kappa shape index (κ2) is 15.4. The van der Waals surface area contributed by atoms with Gasteiger partial charge in [-0.15, -0.1) is 0 Å². The van der Waals surface area contributed by atoms with Crippen molar-refractivity contribution in [2.75, 3.05) is 13.7 Å². The van der Waals surface area contributed by atoms with Crippen LogP contribution in [0.5, 0.6) is 0 Å². The van der Waals surface area contributed by atoms with Crippen molar-refractivity contribution in [2.45, 2.75) is 109 Å². The Balaban J connectivity index is 1.70. The molecule has 2 aromatic rings. The van der Waals surface area contributed by atoms with Crippen LogP contribution in [0.2, 0.25) is 5.04 Å². The van der Waals surface area contributed by atoms with Crippen LogP contribution in [-0.2, 0) is 52.0 Å². The van der Waals surface area contributed by atoms with E-state index in [2.05, 4.69) is 45.0 Å². The van der Waals surface area contributed by atoms with E-state index >= 15 is 0 Å². The Morgan fingerprint density at radius 2 is 1.23 bits per heavy atom. The summed E-state index contributed by atoms with van der Waals surface area (Å²) in [4.78, 5) is 36.4. The normalized spacial score (nSPS) is 29.6. The number of methoxy groups -OCH3 is 1. The standard InChI is InChI=1S/C34H46O12Si/c1-20-27(42-21(2)35)29(43-22(3)36)31(44-23(4)37)33(41-20)46-28-26(45-32(38)30(28)39-8)19-40-47(34(5,6)7,24-15-11-9-12-16-24)25-17-13-10-14-18-25/h9-18,20,26-33,38H,19H2,1-8H3/t20-,26+,27-,28-,29+,30+,31+,32+,33-/m0/s1. The lowest BCUT2D eigenvalue weighted by Gasteiger charge is -2.45. The second-order valence-electron chi connectivity index (χ2n) is 12.8. The van der Waals surface area contributed by atoms with E-state index in [9.17, 15) is 19.5 Å². The van der Waals surface area contributed by atoms with Gasteiger partial charge in [0.15, 0.2) is 30.9 Å². The predicted molar refractivity (Wildman–Crippen MR) is 171 cm³/mol. The van der Waals surface area contributed by atoms with Gasteiger partial charge in [0.05, 0.1) is 12.7 Å².